The summed E-state index contributed by atoms with van der Waals surface area (Å²) in [6, 6.07) is 19.3. The third kappa shape index (κ3) is 6.33. The minimum absolute atomic E-state index is 0.0373. The second kappa shape index (κ2) is 11.9. The molecule has 0 fully saturated rings. The zero-order valence-electron chi connectivity index (χ0n) is 23.9. The summed E-state index contributed by atoms with van der Waals surface area (Å²) in [4.78, 5) is 51.0. The average Bonchev–Trinajstić information content (AvgIpc) is 2.92. The number of hydrogen-bond donors (Lipinski definition) is 1. The predicted molar refractivity (Wildman–Crippen MR) is 149 cm³/mol. The first-order valence-corrected chi connectivity index (χ1v) is 12.3. The largest absolute Gasteiger partial charge is 0.495 e. The number of aromatic carboxylic acids is 1. The Hall–Kier alpha value is -4.49. The van der Waals surface area contributed by atoms with Crippen molar-refractivity contribution in [2.24, 2.45) is 0 Å². The summed E-state index contributed by atoms with van der Waals surface area (Å²) in [5.41, 5.74) is 1.17. The number of benzene rings is 3. The first-order valence-electron chi connectivity index (χ1n) is 13.5. The van der Waals surface area contributed by atoms with Gasteiger partial charge in [0.2, 0.25) is 0 Å². The molecule has 198 valence electrons. The molecule has 1 atom stereocenters. The third-order valence-corrected chi connectivity index (χ3v) is 6.60. The van der Waals surface area contributed by atoms with E-state index in [-0.39, 0.29) is 57.4 Å². The van der Waals surface area contributed by atoms with Crippen molar-refractivity contribution < 1.29 is 28.3 Å². The molecule has 0 aliphatic rings. The van der Waals surface area contributed by atoms with Gasteiger partial charge in [-0.2, -0.15) is 0 Å². The Balaban J connectivity index is 1.86. The molecule has 0 bridgehead atoms. The number of ether oxygens (including phenoxy) is 1. The number of carboxylic acid groups (broad SMARTS) is 1. The van der Waals surface area contributed by atoms with Crippen LogP contribution < -0.4 is 10.3 Å². The van der Waals surface area contributed by atoms with Crippen LogP contribution in [0.3, 0.4) is 0 Å². The van der Waals surface area contributed by atoms with E-state index in [2.05, 4.69) is 0 Å². The Morgan fingerprint density at radius 1 is 0.974 bits per heavy atom. The molecule has 0 radical (unpaired) electrons. The number of Topliss-reactive ketones (excluding diaryl/α,β-unsaturated/α-hetero) is 2. The van der Waals surface area contributed by atoms with E-state index >= 15 is 0 Å². The smallest absolute Gasteiger partial charge is 0.335 e. The van der Waals surface area contributed by atoms with E-state index in [9.17, 15) is 24.3 Å². The molecule has 1 N–H and O–H groups in total. The summed E-state index contributed by atoms with van der Waals surface area (Å²) in [5, 5.41) is 9.43. The monoisotopic (exact) mass is 546 g/mol. The number of rotatable bonds is 10. The zero-order valence-corrected chi connectivity index (χ0v) is 21.6. The Labute approximate surface area is 234 Å². The van der Waals surface area contributed by atoms with Crippen molar-refractivity contribution in [2.45, 2.75) is 25.8 Å². The Kier molecular flexibility index (Phi) is 7.22. The molecule has 39 heavy (non-hydrogen) atoms. The molecule has 3 aromatic carbocycles. The van der Waals surface area contributed by atoms with Gasteiger partial charge in [0.15, 0.2) is 11.6 Å². The molecule has 1 aromatic heterocycles. The second-order valence-corrected chi connectivity index (χ2v) is 9.43. The Morgan fingerprint density at radius 3 is 2.33 bits per heavy atom. The number of halogens is 1. The summed E-state index contributed by atoms with van der Waals surface area (Å²) in [5.74, 6) is -2.05. The molecule has 8 heteroatoms. The van der Waals surface area contributed by atoms with E-state index in [1.54, 1.807) is 24.3 Å². The SMILES string of the molecule is [2H]C([2H])([2H])Oc1cn([C@@H](Cc2ccccc2)C(=O)Cc2ccc(C(=O)O)cc2)c(=O)cc1-c1cc(Cl)ccc1C(C)=O. The van der Waals surface area contributed by atoms with E-state index in [0.29, 0.717) is 5.56 Å². The van der Waals surface area contributed by atoms with Crippen LogP contribution in [0.25, 0.3) is 11.1 Å². The van der Waals surface area contributed by atoms with Crippen molar-refractivity contribution in [3.05, 3.63) is 123 Å². The van der Waals surface area contributed by atoms with Crippen LogP contribution in [0.2, 0.25) is 5.02 Å². The lowest BCUT2D eigenvalue weighted by atomic mass is 9.95. The fraction of sp³-hybridized carbons (Fsp3) is 0.161. The molecule has 0 amide bonds. The van der Waals surface area contributed by atoms with Crippen LogP contribution in [0.15, 0.2) is 89.9 Å². The number of nitrogens with zero attached hydrogens (tertiary/aromatic N) is 1. The highest BCUT2D eigenvalue weighted by atomic mass is 35.5. The summed E-state index contributed by atoms with van der Waals surface area (Å²) in [6.45, 7) is 1.33. The fourth-order valence-electron chi connectivity index (χ4n) is 4.40. The van der Waals surface area contributed by atoms with Crippen molar-refractivity contribution >= 4 is 29.1 Å². The van der Waals surface area contributed by atoms with Gasteiger partial charge >= 0.3 is 5.97 Å². The molecule has 7 nitrogen and oxygen atoms in total. The van der Waals surface area contributed by atoms with Gasteiger partial charge in [0.25, 0.3) is 5.56 Å². The number of hydrogen-bond acceptors (Lipinski definition) is 5. The van der Waals surface area contributed by atoms with Crippen LogP contribution in [0.4, 0.5) is 0 Å². The van der Waals surface area contributed by atoms with Crippen LogP contribution >= 0.6 is 11.6 Å². The van der Waals surface area contributed by atoms with Crippen LogP contribution in [0.1, 0.15) is 48.9 Å². The van der Waals surface area contributed by atoms with Crippen molar-refractivity contribution in [1.82, 2.24) is 4.57 Å². The highest BCUT2D eigenvalue weighted by Gasteiger charge is 2.25. The van der Waals surface area contributed by atoms with Crippen LogP contribution in [-0.2, 0) is 17.6 Å². The van der Waals surface area contributed by atoms with E-state index in [1.165, 1.54) is 55.6 Å². The topological polar surface area (TPSA) is 103 Å². The van der Waals surface area contributed by atoms with Gasteiger partial charge in [-0.3, -0.25) is 14.4 Å². The number of carbonyl (C=O) groups excluding carboxylic acids is 2. The van der Waals surface area contributed by atoms with Crippen molar-refractivity contribution in [1.29, 1.82) is 0 Å². The fourth-order valence-corrected chi connectivity index (χ4v) is 4.57. The van der Waals surface area contributed by atoms with Gasteiger partial charge < -0.3 is 14.4 Å². The first-order chi connectivity index (χ1) is 19.8. The normalized spacial score (nSPS) is 13.0. The molecule has 0 saturated carbocycles. The lowest BCUT2D eigenvalue weighted by molar-refractivity contribution is -0.121. The second-order valence-electron chi connectivity index (χ2n) is 9.00. The van der Waals surface area contributed by atoms with Gasteiger partial charge in [0.05, 0.1) is 29.0 Å². The average molecular weight is 547 g/mol. The summed E-state index contributed by atoms with van der Waals surface area (Å²) < 4.78 is 29.6. The molecule has 4 rings (SSSR count). The Bertz CT molecular complexity index is 1700. The lowest BCUT2D eigenvalue weighted by Gasteiger charge is -2.21. The van der Waals surface area contributed by atoms with Gasteiger partial charge in [0.1, 0.15) is 5.75 Å². The van der Waals surface area contributed by atoms with Crippen molar-refractivity contribution in [3.8, 4) is 16.9 Å². The van der Waals surface area contributed by atoms with E-state index in [1.807, 2.05) is 6.07 Å². The lowest BCUT2D eigenvalue weighted by Crippen LogP contribution is -2.32. The number of carbonyl (C=O) groups is 3. The molecule has 0 aliphatic carbocycles. The number of ketones is 2. The zero-order chi connectivity index (χ0) is 30.6. The maximum atomic E-state index is 13.7. The van der Waals surface area contributed by atoms with E-state index < -0.39 is 24.6 Å². The maximum absolute atomic E-state index is 13.7. The number of aromatic nitrogens is 1. The number of methoxy groups -OCH3 is 1. The number of carboxylic acids is 1. The molecular formula is C31H26ClNO6. The van der Waals surface area contributed by atoms with Crippen molar-refractivity contribution in [2.75, 3.05) is 7.04 Å². The minimum Gasteiger partial charge on any atom is -0.495 e. The third-order valence-electron chi connectivity index (χ3n) is 6.36. The van der Waals surface area contributed by atoms with Gasteiger partial charge in [0, 0.05) is 35.1 Å². The van der Waals surface area contributed by atoms with E-state index in [0.717, 1.165) is 16.2 Å². The van der Waals surface area contributed by atoms with Crippen LogP contribution in [-0.4, -0.2) is 34.2 Å². The molecular weight excluding hydrogens is 518 g/mol. The standard InChI is InChI=1S/C31H26ClNO6/c1-19(34)24-13-12-23(32)16-25(24)26-17-30(36)33(18-29(26)39-2)27(14-20-6-4-3-5-7-20)28(35)15-21-8-10-22(11-9-21)31(37)38/h3-13,16-18,27H,14-15H2,1-2H3,(H,37,38)/t27-/m0/s1/i2D3. The van der Waals surface area contributed by atoms with Gasteiger partial charge in [-0.05, 0) is 53.9 Å². The van der Waals surface area contributed by atoms with Crippen LogP contribution in [0, 0.1) is 0 Å². The molecule has 0 aliphatic heterocycles. The Morgan fingerprint density at radius 2 is 1.69 bits per heavy atom. The maximum Gasteiger partial charge on any atom is 0.335 e. The summed E-state index contributed by atoms with van der Waals surface area (Å²) >= 11 is 6.19. The first kappa shape index (κ1) is 23.6. The van der Waals surface area contributed by atoms with Gasteiger partial charge in [-0.15, -0.1) is 0 Å². The molecule has 0 spiro atoms. The quantitative estimate of drug-likeness (QED) is 0.257. The molecule has 0 saturated heterocycles. The molecule has 0 unspecified atom stereocenters. The number of pyridine rings is 1. The van der Waals surface area contributed by atoms with Gasteiger partial charge in [-0.25, -0.2) is 4.79 Å². The summed E-state index contributed by atoms with van der Waals surface area (Å²) in [7, 11) is -2.92. The molecule has 4 aromatic rings. The van der Waals surface area contributed by atoms with Crippen molar-refractivity contribution in [3.63, 3.8) is 0 Å². The van der Waals surface area contributed by atoms with Gasteiger partial charge in [-0.1, -0.05) is 54.1 Å². The highest BCUT2D eigenvalue weighted by Crippen LogP contribution is 2.34. The minimum atomic E-state index is -2.92. The summed E-state index contributed by atoms with van der Waals surface area (Å²) in [6.07, 6.45) is 1.16. The van der Waals surface area contributed by atoms with E-state index in [4.69, 9.17) is 20.5 Å². The molecule has 1 heterocycles. The highest BCUT2D eigenvalue weighted by molar-refractivity contribution is 6.31. The van der Waals surface area contributed by atoms with Crippen LogP contribution in [0.5, 0.6) is 5.75 Å². The predicted octanol–water partition coefficient (Wildman–Crippen LogP) is 5.67.